The topological polar surface area (TPSA) is 79.9 Å². The quantitative estimate of drug-likeness (QED) is 0.464. The number of nitrogens with two attached hydrogens (primary N) is 1. The number of anilines is 1. The molecule has 3 heterocycles. The lowest BCUT2D eigenvalue weighted by Crippen LogP contribution is -2.36. The molecule has 2 aromatic heterocycles. The van der Waals surface area contributed by atoms with Crippen LogP contribution in [0.25, 0.3) is 15.9 Å². The lowest BCUT2D eigenvalue weighted by molar-refractivity contribution is 0.122. The molecule has 7 nitrogen and oxygen atoms in total. The van der Waals surface area contributed by atoms with E-state index < -0.39 is 0 Å². The predicted molar refractivity (Wildman–Crippen MR) is 137 cm³/mol. The molecule has 1 aliphatic rings. The number of aryl methyl sites for hydroxylation is 1. The molecule has 8 heteroatoms. The highest BCUT2D eigenvalue weighted by Gasteiger charge is 2.19. The molecule has 33 heavy (non-hydrogen) atoms. The van der Waals surface area contributed by atoms with Crippen molar-refractivity contribution in [1.29, 1.82) is 0 Å². The molecule has 0 saturated carbocycles. The summed E-state index contributed by atoms with van der Waals surface area (Å²) in [6, 6.07) is 10.1. The van der Waals surface area contributed by atoms with Crippen molar-refractivity contribution in [1.82, 2.24) is 14.9 Å². The molecule has 0 atom stereocenters. The number of hydrogen-bond donors (Lipinski definition) is 1. The Bertz CT molecular complexity index is 1240. The summed E-state index contributed by atoms with van der Waals surface area (Å²) >= 11 is 1.62. The fourth-order valence-electron chi connectivity index (χ4n) is 3.40. The minimum atomic E-state index is 0.405. The van der Waals surface area contributed by atoms with Gasteiger partial charge in [0.15, 0.2) is 5.82 Å². The summed E-state index contributed by atoms with van der Waals surface area (Å²) < 4.78 is 6.55. The summed E-state index contributed by atoms with van der Waals surface area (Å²) in [6.45, 7) is 5.69. The molecule has 0 aliphatic carbocycles. The van der Waals surface area contributed by atoms with E-state index in [0.29, 0.717) is 31.4 Å². The Kier molecular flexibility index (Phi) is 7.35. The molecular formula is C25H28N6OS. The zero-order valence-corrected chi connectivity index (χ0v) is 20.0. The van der Waals surface area contributed by atoms with Crippen LogP contribution in [0.1, 0.15) is 16.0 Å². The van der Waals surface area contributed by atoms with Gasteiger partial charge in [0.1, 0.15) is 0 Å². The van der Waals surface area contributed by atoms with Crippen molar-refractivity contribution < 1.29 is 4.74 Å². The average molecular weight is 461 g/mol. The zero-order valence-electron chi connectivity index (χ0n) is 19.2. The Morgan fingerprint density at radius 3 is 2.85 bits per heavy atom. The number of aromatic nitrogens is 2. The third-order valence-electron chi connectivity index (χ3n) is 5.05. The van der Waals surface area contributed by atoms with E-state index in [1.54, 1.807) is 23.6 Å². The van der Waals surface area contributed by atoms with E-state index in [4.69, 9.17) is 15.5 Å². The van der Waals surface area contributed by atoms with Gasteiger partial charge in [0.05, 0.1) is 34.9 Å². The van der Waals surface area contributed by atoms with E-state index >= 15 is 0 Å². The van der Waals surface area contributed by atoms with Crippen molar-refractivity contribution in [3.63, 3.8) is 0 Å². The van der Waals surface area contributed by atoms with Crippen molar-refractivity contribution >= 4 is 45.2 Å². The first kappa shape index (κ1) is 22.9. The average Bonchev–Trinajstić information content (AvgIpc) is 3.21. The molecule has 0 radical (unpaired) electrons. The number of nitrogens with zero attached hydrogens (tertiary/aromatic N) is 5. The number of benzene rings is 1. The van der Waals surface area contributed by atoms with Gasteiger partial charge in [-0.05, 0) is 44.8 Å². The van der Waals surface area contributed by atoms with Crippen LogP contribution < -0.4 is 10.6 Å². The third-order valence-corrected chi connectivity index (χ3v) is 6.09. The van der Waals surface area contributed by atoms with Gasteiger partial charge in [-0.2, -0.15) is 4.98 Å². The third kappa shape index (κ3) is 5.96. The summed E-state index contributed by atoms with van der Waals surface area (Å²) in [5.74, 6) is 7.73. The smallest absolute Gasteiger partial charge is 0.251 e. The maximum Gasteiger partial charge on any atom is 0.251 e. The SMILES string of the molecule is Cc1cccc(/C(N)=C/C=N/c2nc(N3CCOCC3)c3sc(C#CCN(C)C)cc3n2)c1. The first-order valence-electron chi connectivity index (χ1n) is 10.8. The number of fused-ring (bicyclic) bond motifs is 1. The van der Waals surface area contributed by atoms with Gasteiger partial charge in [-0.15, -0.1) is 11.3 Å². The number of hydrogen-bond acceptors (Lipinski definition) is 8. The van der Waals surface area contributed by atoms with E-state index in [1.165, 1.54) is 0 Å². The molecule has 0 amide bonds. The highest BCUT2D eigenvalue weighted by atomic mass is 32.1. The van der Waals surface area contributed by atoms with Crippen LogP contribution in [0.2, 0.25) is 0 Å². The van der Waals surface area contributed by atoms with Crippen molar-refractivity contribution in [3.05, 3.63) is 52.4 Å². The lowest BCUT2D eigenvalue weighted by atomic mass is 10.1. The van der Waals surface area contributed by atoms with Gasteiger partial charge in [0.2, 0.25) is 0 Å². The number of morpholine rings is 1. The minimum Gasteiger partial charge on any atom is -0.398 e. The molecule has 0 spiro atoms. The van der Waals surface area contributed by atoms with Gasteiger partial charge in [0, 0.05) is 25.0 Å². The molecule has 1 fully saturated rings. The highest BCUT2D eigenvalue weighted by Crippen LogP contribution is 2.33. The second kappa shape index (κ2) is 10.6. The van der Waals surface area contributed by atoms with Gasteiger partial charge in [0.25, 0.3) is 5.95 Å². The second-order valence-electron chi connectivity index (χ2n) is 8.08. The molecule has 1 aromatic carbocycles. The van der Waals surface area contributed by atoms with E-state index in [-0.39, 0.29) is 0 Å². The van der Waals surface area contributed by atoms with Crippen LogP contribution in [0.5, 0.6) is 0 Å². The molecule has 4 rings (SSSR count). The molecule has 3 aromatic rings. The largest absolute Gasteiger partial charge is 0.398 e. The van der Waals surface area contributed by atoms with Crippen LogP contribution in [-0.4, -0.2) is 68.0 Å². The van der Waals surface area contributed by atoms with E-state index in [2.05, 4.69) is 26.7 Å². The summed E-state index contributed by atoms with van der Waals surface area (Å²) in [7, 11) is 4.01. The van der Waals surface area contributed by atoms with Crippen LogP contribution in [-0.2, 0) is 4.74 Å². The van der Waals surface area contributed by atoms with E-state index in [9.17, 15) is 0 Å². The normalized spacial score (nSPS) is 14.8. The summed E-state index contributed by atoms with van der Waals surface area (Å²) in [5.41, 5.74) is 9.85. The predicted octanol–water partition coefficient (Wildman–Crippen LogP) is 3.45. The van der Waals surface area contributed by atoms with Gasteiger partial charge < -0.3 is 15.4 Å². The van der Waals surface area contributed by atoms with Crippen LogP contribution in [0.15, 0.2) is 41.4 Å². The number of allylic oxidation sites excluding steroid dienone is 1. The number of thiophene rings is 1. The molecule has 1 aliphatic heterocycles. The first-order valence-corrected chi connectivity index (χ1v) is 11.7. The van der Waals surface area contributed by atoms with Gasteiger partial charge in [-0.25, -0.2) is 9.98 Å². The minimum absolute atomic E-state index is 0.405. The molecule has 170 valence electrons. The van der Waals surface area contributed by atoms with E-state index in [1.807, 2.05) is 56.3 Å². The summed E-state index contributed by atoms with van der Waals surface area (Å²) in [4.78, 5) is 19.2. The second-order valence-corrected chi connectivity index (χ2v) is 9.13. The first-order chi connectivity index (χ1) is 16.0. The Morgan fingerprint density at radius 2 is 2.09 bits per heavy atom. The summed E-state index contributed by atoms with van der Waals surface area (Å²) in [6.07, 6.45) is 3.44. The zero-order chi connectivity index (χ0) is 23.2. The van der Waals surface area contributed by atoms with Gasteiger partial charge in [-0.1, -0.05) is 35.6 Å². The Morgan fingerprint density at radius 1 is 1.27 bits per heavy atom. The Labute approximate surface area is 198 Å². The Hall–Kier alpha value is -3.25. The molecule has 0 bridgehead atoms. The standard InChI is InChI=1S/C25H28N6OS/c1-18-6-4-7-19(16-18)21(26)9-10-27-25-28-22-17-20(8-5-11-30(2)3)33-23(22)24(29-25)31-12-14-32-15-13-31/h4,6-7,9-10,16-17H,11-15,26H2,1-3H3/b21-9-,27-10+. The molecule has 1 saturated heterocycles. The van der Waals surface area contributed by atoms with E-state index in [0.717, 1.165) is 45.1 Å². The fourth-order valence-corrected chi connectivity index (χ4v) is 4.39. The number of aliphatic imine (C=N–C) groups is 1. The van der Waals surface area contributed by atoms with Crippen LogP contribution >= 0.6 is 11.3 Å². The molecular weight excluding hydrogens is 432 g/mol. The fraction of sp³-hybridized carbons (Fsp3) is 0.320. The number of rotatable bonds is 5. The Balaban J connectivity index is 1.66. The van der Waals surface area contributed by atoms with Gasteiger partial charge in [-0.3, -0.25) is 4.90 Å². The molecule has 0 unspecified atom stereocenters. The monoisotopic (exact) mass is 460 g/mol. The van der Waals surface area contributed by atoms with Crippen molar-refractivity contribution in [2.75, 3.05) is 51.8 Å². The van der Waals surface area contributed by atoms with Crippen molar-refractivity contribution in [2.45, 2.75) is 6.92 Å². The lowest BCUT2D eigenvalue weighted by Gasteiger charge is -2.28. The van der Waals surface area contributed by atoms with Crippen LogP contribution in [0, 0.1) is 18.8 Å². The maximum absolute atomic E-state index is 6.23. The highest BCUT2D eigenvalue weighted by molar-refractivity contribution is 7.20. The van der Waals surface area contributed by atoms with Gasteiger partial charge >= 0.3 is 0 Å². The van der Waals surface area contributed by atoms with Crippen LogP contribution in [0.3, 0.4) is 0 Å². The summed E-state index contributed by atoms with van der Waals surface area (Å²) in [5, 5.41) is 0. The van der Waals surface area contributed by atoms with Crippen molar-refractivity contribution in [2.24, 2.45) is 10.7 Å². The molecule has 2 N–H and O–H groups in total. The van der Waals surface area contributed by atoms with Crippen molar-refractivity contribution in [3.8, 4) is 11.8 Å². The van der Waals surface area contributed by atoms with Crippen LogP contribution in [0.4, 0.5) is 11.8 Å². The number of ether oxygens (including phenoxy) is 1. The maximum atomic E-state index is 6.23.